The Morgan fingerprint density at radius 3 is 2.22 bits per heavy atom. The molecule has 0 unspecified atom stereocenters. The molecule has 0 radical (unpaired) electrons. The zero-order valence-electron chi connectivity index (χ0n) is 19.6. The van der Waals surface area contributed by atoms with Crippen LogP contribution in [0.15, 0.2) is 41.4 Å². The van der Waals surface area contributed by atoms with Gasteiger partial charge in [-0.2, -0.15) is 0 Å². The maximum atomic E-state index is 11.5. The molecule has 1 aromatic carbocycles. The topological polar surface area (TPSA) is 54.4 Å². The average molecular weight is 555 g/mol. The molecular formula is C24H39IN6O. The van der Waals surface area contributed by atoms with Crippen LogP contribution in [0.2, 0.25) is 0 Å². The Morgan fingerprint density at radius 2 is 1.59 bits per heavy atom. The monoisotopic (exact) mass is 554 g/mol. The molecule has 0 aliphatic carbocycles. The number of halogens is 1. The molecule has 0 atom stereocenters. The van der Waals surface area contributed by atoms with Crippen molar-refractivity contribution < 1.29 is 4.79 Å². The summed E-state index contributed by atoms with van der Waals surface area (Å²) in [4.78, 5) is 25.6. The van der Waals surface area contributed by atoms with Crippen LogP contribution in [-0.2, 0) is 4.79 Å². The van der Waals surface area contributed by atoms with Crippen molar-refractivity contribution in [3.05, 3.63) is 42.0 Å². The largest absolute Gasteiger partial charge is 0.357 e. The van der Waals surface area contributed by atoms with E-state index in [-0.39, 0.29) is 29.9 Å². The van der Waals surface area contributed by atoms with E-state index in [1.807, 2.05) is 4.90 Å². The second-order valence-corrected chi connectivity index (χ2v) is 8.18. The summed E-state index contributed by atoms with van der Waals surface area (Å²) in [6.07, 6.45) is 4.46. The zero-order chi connectivity index (χ0) is 21.9. The number of hydrogen-bond donors (Lipinski definition) is 1. The normalized spacial score (nSPS) is 18.6. The van der Waals surface area contributed by atoms with E-state index in [4.69, 9.17) is 4.99 Å². The van der Waals surface area contributed by atoms with Crippen molar-refractivity contribution >= 4 is 41.9 Å². The minimum atomic E-state index is 0. The van der Waals surface area contributed by atoms with Gasteiger partial charge < -0.3 is 15.1 Å². The molecule has 1 amide bonds. The van der Waals surface area contributed by atoms with Crippen molar-refractivity contribution in [3.63, 3.8) is 0 Å². The van der Waals surface area contributed by atoms with Gasteiger partial charge in [-0.3, -0.25) is 19.6 Å². The molecule has 3 rings (SSSR count). The molecule has 2 aliphatic rings. The Balaban J connectivity index is 0.00000363. The first-order valence-electron chi connectivity index (χ1n) is 11.6. The molecule has 178 valence electrons. The Labute approximate surface area is 210 Å². The number of carbonyl (C=O) groups excluding carboxylic acids is 1. The number of rotatable bonds is 7. The summed E-state index contributed by atoms with van der Waals surface area (Å²) in [5.41, 5.74) is 1.26. The lowest BCUT2D eigenvalue weighted by molar-refractivity contribution is -0.130. The number of hydrogen-bond acceptors (Lipinski definition) is 4. The summed E-state index contributed by atoms with van der Waals surface area (Å²) in [7, 11) is 0. The van der Waals surface area contributed by atoms with E-state index in [2.05, 4.69) is 69.4 Å². The third kappa shape index (κ3) is 8.71. The first-order valence-corrected chi connectivity index (χ1v) is 11.6. The molecular weight excluding hydrogens is 515 g/mol. The molecule has 2 aliphatic heterocycles. The Kier molecular flexibility index (Phi) is 12.0. The van der Waals surface area contributed by atoms with E-state index in [0.717, 1.165) is 84.5 Å². The predicted octanol–water partition coefficient (Wildman–Crippen LogP) is 2.07. The van der Waals surface area contributed by atoms with Gasteiger partial charge in [-0.1, -0.05) is 42.5 Å². The summed E-state index contributed by atoms with van der Waals surface area (Å²) in [6, 6.07) is 10.5. The highest BCUT2D eigenvalue weighted by Crippen LogP contribution is 2.06. The van der Waals surface area contributed by atoms with Gasteiger partial charge in [-0.15, -0.1) is 24.0 Å². The van der Waals surface area contributed by atoms with E-state index in [1.165, 1.54) is 5.56 Å². The van der Waals surface area contributed by atoms with Crippen LogP contribution in [0.25, 0.3) is 6.08 Å². The van der Waals surface area contributed by atoms with Gasteiger partial charge in [0.05, 0.1) is 6.54 Å². The highest BCUT2D eigenvalue weighted by molar-refractivity contribution is 14.0. The van der Waals surface area contributed by atoms with E-state index in [0.29, 0.717) is 0 Å². The molecule has 2 fully saturated rings. The highest BCUT2D eigenvalue weighted by atomic mass is 127. The van der Waals surface area contributed by atoms with Crippen LogP contribution in [0.5, 0.6) is 0 Å². The van der Waals surface area contributed by atoms with E-state index < -0.39 is 0 Å². The van der Waals surface area contributed by atoms with Gasteiger partial charge in [-0.25, -0.2) is 0 Å². The summed E-state index contributed by atoms with van der Waals surface area (Å²) in [5, 5.41) is 3.46. The lowest BCUT2D eigenvalue weighted by Gasteiger charge is -2.36. The Bertz CT molecular complexity index is 725. The van der Waals surface area contributed by atoms with Crippen LogP contribution in [0.3, 0.4) is 0 Å². The minimum absolute atomic E-state index is 0. The number of nitrogens with zero attached hydrogens (tertiary/aromatic N) is 5. The highest BCUT2D eigenvalue weighted by Gasteiger charge is 2.20. The molecule has 1 aromatic rings. The third-order valence-corrected chi connectivity index (χ3v) is 5.98. The quantitative estimate of drug-likeness (QED) is 0.318. The molecule has 2 heterocycles. The molecule has 7 nitrogen and oxygen atoms in total. The molecule has 0 aromatic heterocycles. The maximum Gasteiger partial charge on any atom is 0.219 e. The summed E-state index contributed by atoms with van der Waals surface area (Å²) in [5.74, 6) is 1.21. The van der Waals surface area contributed by atoms with Gasteiger partial charge in [0.25, 0.3) is 0 Å². The van der Waals surface area contributed by atoms with Crippen LogP contribution in [0.1, 0.15) is 19.4 Å². The fourth-order valence-corrected chi connectivity index (χ4v) is 4.05. The second-order valence-electron chi connectivity index (χ2n) is 8.18. The SMILES string of the molecule is CCNC(=NCCN1CCN(C(C)=O)CC1)N1CCN(C/C=C/c2ccccc2)CC1.I. The van der Waals surface area contributed by atoms with Gasteiger partial charge in [-0.05, 0) is 12.5 Å². The van der Waals surface area contributed by atoms with Gasteiger partial charge in [0.2, 0.25) is 5.91 Å². The molecule has 0 saturated carbocycles. The van der Waals surface area contributed by atoms with Gasteiger partial charge in [0, 0.05) is 78.9 Å². The van der Waals surface area contributed by atoms with Crippen LogP contribution in [-0.4, -0.2) is 110 Å². The summed E-state index contributed by atoms with van der Waals surface area (Å²) < 4.78 is 0. The van der Waals surface area contributed by atoms with Gasteiger partial charge in [0.15, 0.2) is 5.96 Å². The van der Waals surface area contributed by atoms with Crippen molar-refractivity contribution in [2.45, 2.75) is 13.8 Å². The zero-order valence-corrected chi connectivity index (χ0v) is 21.9. The number of aliphatic imine (C=N–C) groups is 1. The van der Waals surface area contributed by atoms with Crippen LogP contribution >= 0.6 is 24.0 Å². The maximum absolute atomic E-state index is 11.5. The molecule has 0 bridgehead atoms. The molecule has 1 N–H and O–H groups in total. The standard InChI is InChI=1S/C24H38N6O.HI/c1-3-25-24(26-11-13-28-14-18-29(19-15-28)22(2)31)30-20-16-27(17-21-30)12-7-10-23-8-5-4-6-9-23;/h4-10H,3,11-21H2,1-2H3,(H,25,26);1H/b10-7+;. The molecule has 8 heteroatoms. The number of nitrogens with one attached hydrogen (secondary N) is 1. The van der Waals surface area contributed by atoms with Crippen LogP contribution in [0.4, 0.5) is 0 Å². The molecule has 0 spiro atoms. The smallest absolute Gasteiger partial charge is 0.219 e. The van der Waals surface area contributed by atoms with Gasteiger partial charge in [0.1, 0.15) is 0 Å². The van der Waals surface area contributed by atoms with E-state index in [9.17, 15) is 4.79 Å². The fourth-order valence-electron chi connectivity index (χ4n) is 4.05. The lowest BCUT2D eigenvalue weighted by atomic mass is 10.2. The van der Waals surface area contributed by atoms with Crippen molar-refractivity contribution in [2.75, 3.05) is 78.5 Å². The van der Waals surface area contributed by atoms with Crippen LogP contribution < -0.4 is 5.32 Å². The predicted molar refractivity (Wildman–Crippen MR) is 144 cm³/mol. The number of amides is 1. The van der Waals surface area contributed by atoms with Crippen molar-refractivity contribution in [1.82, 2.24) is 24.9 Å². The van der Waals surface area contributed by atoms with Crippen molar-refractivity contribution in [2.24, 2.45) is 4.99 Å². The van der Waals surface area contributed by atoms with E-state index in [1.54, 1.807) is 6.92 Å². The van der Waals surface area contributed by atoms with E-state index >= 15 is 0 Å². The first-order chi connectivity index (χ1) is 15.2. The van der Waals surface area contributed by atoms with Crippen LogP contribution in [0, 0.1) is 0 Å². The Morgan fingerprint density at radius 1 is 0.969 bits per heavy atom. The van der Waals surface area contributed by atoms with Gasteiger partial charge >= 0.3 is 0 Å². The fraction of sp³-hybridized carbons (Fsp3) is 0.583. The third-order valence-electron chi connectivity index (χ3n) is 5.98. The summed E-state index contributed by atoms with van der Waals surface area (Å²) in [6.45, 7) is 15.1. The number of benzene rings is 1. The first kappa shape index (κ1) is 26.6. The Hall–Kier alpha value is -1.65. The van der Waals surface area contributed by atoms with Crippen molar-refractivity contribution in [3.8, 4) is 0 Å². The lowest BCUT2D eigenvalue weighted by Crippen LogP contribution is -2.52. The van der Waals surface area contributed by atoms with Crippen molar-refractivity contribution in [1.29, 1.82) is 0 Å². The summed E-state index contributed by atoms with van der Waals surface area (Å²) >= 11 is 0. The molecule has 32 heavy (non-hydrogen) atoms. The number of guanidine groups is 1. The second kappa shape index (κ2) is 14.5. The number of piperazine rings is 2. The number of carbonyl (C=O) groups is 1. The molecule has 2 saturated heterocycles. The average Bonchev–Trinajstić information content (AvgIpc) is 2.80. The minimum Gasteiger partial charge on any atom is -0.357 e.